The molecule has 0 aliphatic carbocycles. The minimum absolute atomic E-state index is 0.0536. The van der Waals surface area contributed by atoms with Gasteiger partial charge >= 0.3 is 0 Å². The number of nitrogens with one attached hydrogen (secondary N) is 2. The van der Waals surface area contributed by atoms with E-state index >= 15 is 0 Å². The summed E-state index contributed by atoms with van der Waals surface area (Å²) in [6, 6.07) is 3.80. The van der Waals surface area contributed by atoms with E-state index < -0.39 is 0 Å². The Morgan fingerprint density at radius 2 is 2.13 bits per heavy atom. The molecule has 0 spiro atoms. The van der Waals surface area contributed by atoms with Crippen molar-refractivity contribution in [2.45, 2.75) is 13.3 Å². The lowest BCUT2D eigenvalue weighted by molar-refractivity contribution is -0.125. The summed E-state index contributed by atoms with van der Waals surface area (Å²) < 4.78 is 0. The van der Waals surface area contributed by atoms with Crippen LogP contribution in [0.1, 0.15) is 11.8 Å². The molecule has 15 heavy (non-hydrogen) atoms. The Morgan fingerprint density at radius 1 is 1.33 bits per heavy atom. The Kier molecular flexibility index (Phi) is 4.83. The molecular formula is C10H14N2O2S. The quantitative estimate of drug-likeness (QED) is 0.770. The highest BCUT2D eigenvalue weighted by atomic mass is 32.1. The summed E-state index contributed by atoms with van der Waals surface area (Å²) in [5, 5.41) is 7.09. The van der Waals surface area contributed by atoms with Crippen LogP contribution in [-0.2, 0) is 16.0 Å². The monoisotopic (exact) mass is 226 g/mol. The highest BCUT2D eigenvalue weighted by Gasteiger charge is 2.05. The first kappa shape index (κ1) is 11.7. The fraction of sp³-hybridized carbons (Fsp3) is 0.400. The Bertz CT molecular complexity index is 322. The predicted molar refractivity (Wildman–Crippen MR) is 59.7 cm³/mol. The van der Waals surface area contributed by atoms with E-state index in [-0.39, 0.29) is 18.4 Å². The second-order valence-corrected chi connectivity index (χ2v) is 4.02. The van der Waals surface area contributed by atoms with Crippen molar-refractivity contribution in [1.82, 2.24) is 10.6 Å². The number of thiophene rings is 1. The molecule has 1 aromatic heterocycles. The van der Waals surface area contributed by atoms with E-state index in [1.54, 1.807) is 0 Å². The van der Waals surface area contributed by atoms with E-state index in [2.05, 4.69) is 10.6 Å². The first-order valence-corrected chi connectivity index (χ1v) is 5.66. The zero-order chi connectivity index (χ0) is 11.1. The van der Waals surface area contributed by atoms with E-state index in [0.717, 1.165) is 4.88 Å². The summed E-state index contributed by atoms with van der Waals surface area (Å²) in [6.07, 6.45) is 0.344. The molecule has 0 aromatic carbocycles. The largest absolute Gasteiger partial charge is 0.355 e. The van der Waals surface area contributed by atoms with E-state index in [1.165, 1.54) is 11.3 Å². The number of carbonyl (C=O) groups excluding carboxylic acids is 2. The zero-order valence-corrected chi connectivity index (χ0v) is 9.39. The molecule has 2 N–H and O–H groups in total. The van der Waals surface area contributed by atoms with Gasteiger partial charge in [0, 0.05) is 11.4 Å². The van der Waals surface area contributed by atoms with E-state index in [4.69, 9.17) is 0 Å². The Labute approximate surface area is 92.7 Å². The Morgan fingerprint density at radius 3 is 2.73 bits per heavy atom. The summed E-state index contributed by atoms with van der Waals surface area (Å²) in [7, 11) is 0. The van der Waals surface area contributed by atoms with Crippen LogP contribution in [0.2, 0.25) is 0 Å². The van der Waals surface area contributed by atoms with Crippen molar-refractivity contribution in [1.29, 1.82) is 0 Å². The maximum atomic E-state index is 11.3. The van der Waals surface area contributed by atoms with Crippen molar-refractivity contribution in [3.05, 3.63) is 22.4 Å². The van der Waals surface area contributed by atoms with Gasteiger partial charge in [0.1, 0.15) is 0 Å². The molecule has 1 aromatic rings. The second kappa shape index (κ2) is 6.19. The van der Waals surface area contributed by atoms with Crippen LogP contribution in [0.5, 0.6) is 0 Å². The SMILES string of the molecule is CCNC(=O)CNC(=O)Cc1cccs1. The lowest BCUT2D eigenvalue weighted by atomic mass is 10.3. The zero-order valence-electron chi connectivity index (χ0n) is 8.58. The number of hydrogen-bond acceptors (Lipinski definition) is 3. The van der Waals surface area contributed by atoms with Crippen LogP contribution in [0.3, 0.4) is 0 Å². The molecule has 1 rings (SSSR count). The highest BCUT2D eigenvalue weighted by molar-refractivity contribution is 7.10. The lowest BCUT2D eigenvalue weighted by Gasteiger charge is -2.03. The topological polar surface area (TPSA) is 58.2 Å². The third kappa shape index (κ3) is 4.60. The average Bonchev–Trinajstić information content (AvgIpc) is 2.68. The lowest BCUT2D eigenvalue weighted by Crippen LogP contribution is -2.37. The fourth-order valence-electron chi connectivity index (χ4n) is 1.07. The van der Waals surface area contributed by atoms with Gasteiger partial charge in [-0.05, 0) is 18.4 Å². The summed E-state index contributed by atoms with van der Waals surface area (Å²) in [5.74, 6) is -0.277. The first-order valence-electron chi connectivity index (χ1n) is 4.78. The van der Waals surface area contributed by atoms with Gasteiger partial charge in [0.15, 0.2) is 0 Å². The number of hydrogen-bond donors (Lipinski definition) is 2. The number of rotatable bonds is 5. The summed E-state index contributed by atoms with van der Waals surface area (Å²) in [6.45, 7) is 2.48. The molecule has 0 radical (unpaired) electrons. The third-order valence-electron chi connectivity index (χ3n) is 1.73. The van der Waals surface area contributed by atoms with Gasteiger partial charge < -0.3 is 10.6 Å². The predicted octanol–water partition coefficient (Wildman–Crippen LogP) is 0.543. The summed E-state index contributed by atoms with van der Waals surface area (Å²) in [4.78, 5) is 23.4. The highest BCUT2D eigenvalue weighted by Crippen LogP contribution is 2.08. The molecule has 0 fully saturated rings. The van der Waals surface area contributed by atoms with Crippen LogP contribution in [0.25, 0.3) is 0 Å². The van der Waals surface area contributed by atoms with Crippen LogP contribution < -0.4 is 10.6 Å². The van der Waals surface area contributed by atoms with Gasteiger partial charge in [0.2, 0.25) is 11.8 Å². The molecule has 0 unspecified atom stereocenters. The van der Waals surface area contributed by atoms with Crippen LogP contribution in [-0.4, -0.2) is 24.9 Å². The summed E-state index contributed by atoms with van der Waals surface area (Å²) in [5.41, 5.74) is 0. The van der Waals surface area contributed by atoms with Crippen LogP contribution in [0, 0.1) is 0 Å². The molecule has 82 valence electrons. The molecule has 5 heteroatoms. The molecule has 0 aliphatic heterocycles. The standard InChI is InChI=1S/C10H14N2O2S/c1-2-11-10(14)7-12-9(13)6-8-4-3-5-15-8/h3-5H,2,6-7H2,1H3,(H,11,14)(H,12,13). The summed E-state index contributed by atoms with van der Waals surface area (Å²) >= 11 is 1.53. The van der Waals surface area contributed by atoms with Gasteiger partial charge in [-0.1, -0.05) is 6.07 Å². The molecule has 4 nitrogen and oxygen atoms in total. The molecular weight excluding hydrogens is 212 g/mol. The van der Waals surface area contributed by atoms with Crippen molar-refractivity contribution in [2.24, 2.45) is 0 Å². The maximum absolute atomic E-state index is 11.3. The van der Waals surface area contributed by atoms with Crippen molar-refractivity contribution in [3.8, 4) is 0 Å². The maximum Gasteiger partial charge on any atom is 0.239 e. The number of likely N-dealkylation sites (N-methyl/N-ethyl adjacent to an activating group) is 1. The van der Waals surface area contributed by atoms with Gasteiger partial charge in [0.25, 0.3) is 0 Å². The molecule has 0 atom stereocenters. The van der Waals surface area contributed by atoms with Crippen molar-refractivity contribution >= 4 is 23.2 Å². The molecule has 0 aliphatic rings. The van der Waals surface area contributed by atoms with E-state index in [1.807, 2.05) is 24.4 Å². The van der Waals surface area contributed by atoms with Crippen molar-refractivity contribution in [3.63, 3.8) is 0 Å². The van der Waals surface area contributed by atoms with Crippen molar-refractivity contribution < 1.29 is 9.59 Å². The third-order valence-corrected chi connectivity index (χ3v) is 2.61. The van der Waals surface area contributed by atoms with Gasteiger partial charge in [-0.2, -0.15) is 0 Å². The number of carbonyl (C=O) groups is 2. The van der Waals surface area contributed by atoms with Gasteiger partial charge in [-0.25, -0.2) is 0 Å². The number of amides is 2. The minimum Gasteiger partial charge on any atom is -0.355 e. The molecule has 2 amide bonds. The fourth-order valence-corrected chi connectivity index (χ4v) is 1.78. The van der Waals surface area contributed by atoms with Crippen LogP contribution >= 0.6 is 11.3 Å². The van der Waals surface area contributed by atoms with E-state index in [0.29, 0.717) is 13.0 Å². The average molecular weight is 226 g/mol. The molecule has 0 bridgehead atoms. The first-order chi connectivity index (χ1) is 7.22. The van der Waals surface area contributed by atoms with Gasteiger partial charge in [-0.3, -0.25) is 9.59 Å². The Balaban J connectivity index is 2.22. The molecule has 0 saturated carbocycles. The Hall–Kier alpha value is -1.36. The normalized spacial score (nSPS) is 9.67. The van der Waals surface area contributed by atoms with Crippen molar-refractivity contribution in [2.75, 3.05) is 13.1 Å². The van der Waals surface area contributed by atoms with Crippen LogP contribution in [0.15, 0.2) is 17.5 Å². The molecule has 0 saturated heterocycles. The smallest absolute Gasteiger partial charge is 0.239 e. The van der Waals surface area contributed by atoms with Gasteiger partial charge in [0.05, 0.1) is 13.0 Å². The van der Waals surface area contributed by atoms with Gasteiger partial charge in [-0.15, -0.1) is 11.3 Å². The molecule has 1 heterocycles. The minimum atomic E-state index is -0.156. The second-order valence-electron chi connectivity index (χ2n) is 2.99. The van der Waals surface area contributed by atoms with E-state index in [9.17, 15) is 9.59 Å². The van der Waals surface area contributed by atoms with Crippen LogP contribution in [0.4, 0.5) is 0 Å².